The molecule has 0 unspecified atom stereocenters. The Hall–Kier alpha value is -7.08. The fraction of sp³-hybridized carbons (Fsp3) is 0.440. The van der Waals surface area contributed by atoms with E-state index in [-0.39, 0.29) is 37.5 Å². The van der Waals surface area contributed by atoms with E-state index in [4.69, 9.17) is 19.6 Å². The van der Waals surface area contributed by atoms with Crippen LogP contribution in [0.25, 0.3) is 44.2 Å². The van der Waals surface area contributed by atoms with Crippen LogP contribution in [0, 0.1) is 25.7 Å². The monoisotopic (exact) mass is 927 g/mol. The van der Waals surface area contributed by atoms with Crippen molar-refractivity contribution >= 4 is 45.8 Å². The first kappa shape index (κ1) is 57.9. The minimum absolute atomic E-state index is 0.0626. The van der Waals surface area contributed by atoms with E-state index in [9.17, 15) is 19.2 Å². The number of carbonyl (C=O) groups excluding carboxylic acids is 4. The average molecular weight is 927 g/mol. The number of aliphatic hydroxyl groups excluding tert-OH is 1. The second-order valence-electron chi connectivity index (χ2n) is 14.7. The highest BCUT2D eigenvalue weighted by atomic mass is 16.5. The number of rotatable bonds is 14. The van der Waals surface area contributed by atoms with Crippen LogP contribution in [-0.4, -0.2) is 120 Å². The molecule has 1 aliphatic rings. The molecule has 3 aromatic carbocycles. The van der Waals surface area contributed by atoms with Gasteiger partial charge in [-0.3, -0.25) is 9.59 Å². The maximum absolute atomic E-state index is 13.4. The Morgan fingerprint density at radius 1 is 0.851 bits per heavy atom. The maximum Gasteiger partial charge on any atom is 0.407 e. The number of amides is 4. The van der Waals surface area contributed by atoms with Crippen molar-refractivity contribution in [2.75, 3.05) is 48.6 Å². The fourth-order valence-corrected chi connectivity index (χ4v) is 6.84. The number of methoxy groups -OCH3 is 3. The van der Waals surface area contributed by atoms with Gasteiger partial charge in [0.25, 0.3) is 0 Å². The van der Waals surface area contributed by atoms with Crippen LogP contribution in [0.3, 0.4) is 0 Å². The predicted octanol–water partition coefficient (Wildman–Crippen LogP) is 7.81. The molecule has 0 fully saturated rings. The molecule has 364 valence electrons. The van der Waals surface area contributed by atoms with Crippen LogP contribution >= 0.6 is 0 Å². The van der Waals surface area contributed by atoms with Crippen LogP contribution in [0.4, 0.5) is 9.59 Å². The number of hydrogen-bond acceptors (Lipinski definition) is 11. The van der Waals surface area contributed by atoms with Crippen LogP contribution < -0.4 is 15.4 Å². The topological polar surface area (TPSA) is 213 Å². The molecular weight excluding hydrogens is 857 g/mol. The van der Waals surface area contributed by atoms with Gasteiger partial charge >= 0.3 is 12.2 Å². The summed E-state index contributed by atoms with van der Waals surface area (Å²) < 4.78 is 19.9. The van der Waals surface area contributed by atoms with Crippen LogP contribution in [0.5, 0.6) is 5.75 Å². The number of H-pyrrole nitrogens is 2. The number of aliphatic hydroxyl groups is 1. The normalized spacial score (nSPS) is 11.3. The number of nitrogens with one attached hydrogen (secondary N) is 4. The third-order valence-corrected chi connectivity index (χ3v) is 10.00. The van der Waals surface area contributed by atoms with E-state index < -0.39 is 18.2 Å². The highest BCUT2D eigenvalue weighted by molar-refractivity contribution is 6.07. The third kappa shape index (κ3) is 16.1. The largest absolute Gasteiger partial charge is 0.488 e. The van der Waals surface area contributed by atoms with Gasteiger partial charge in [-0.1, -0.05) is 59.2 Å². The summed E-state index contributed by atoms with van der Waals surface area (Å²) >= 11 is 0. The van der Waals surface area contributed by atoms with E-state index in [1.165, 1.54) is 20.6 Å². The standard InChI is InChI=1S/C40H48N8O7.C3H8.C2H6O.2C2H2.CH4O/c1-7-14-47(38(50)30(9-3)45-40(52)54-6)20-35-43-31-13-11-24-16-29-27-12-10-25(15-26(27)22-55-33(29)17-28(24)37(31)46-35)32-18-41-34(44-32)21-48(23(4)8-2)36(49)19-42-39(51)53-5;2*1-3-2;3*1-2/h10-13,15-18,23,30H,7-9,14,19-22H2,1-6H3,(H,41,44)(H,42,51)(H,43,46)(H,45,52);3H2,1-2H3;1-2H3;2*1-2H;2H,1H3/t23-,30-;;;;;/m0...../s1. The van der Waals surface area contributed by atoms with Gasteiger partial charge in [0.05, 0.1) is 50.2 Å². The van der Waals surface area contributed by atoms with Crippen molar-refractivity contribution in [3.63, 3.8) is 0 Å². The number of hydrogen-bond donors (Lipinski definition) is 5. The molecule has 17 nitrogen and oxygen atoms in total. The minimum atomic E-state index is -0.699. The number of carbonyl (C=O) groups is 4. The first-order chi connectivity index (χ1) is 32.4. The molecule has 3 heterocycles. The van der Waals surface area contributed by atoms with Crippen molar-refractivity contribution in [3.8, 4) is 53.8 Å². The zero-order valence-electron chi connectivity index (χ0n) is 40.9. The van der Waals surface area contributed by atoms with Crippen molar-refractivity contribution in [1.82, 2.24) is 40.4 Å². The molecule has 0 spiro atoms. The maximum atomic E-state index is 13.4. The first-order valence-electron chi connectivity index (χ1n) is 21.9. The first-order valence-corrected chi connectivity index (χ1v) is 21.9. The summed E-state index contributed by atoms with van der Waals surface area (Å²) in [6, 6.07) is 13.7. The lowest BCUT2D eigenvalue weighted by Gasteiger charge is -2.28. The van der Waals surface area contributed by atoms with Gasteiger partial charge in [-0.2, -0.15) is 0 Å². The Kier molecular flexibility index (Phi) is 26.8. The number of ether oxygens (including phenoxy) is 4. The van der Waals surface area contributed by atoms with E-state index >= 15 is 0 Å². The summed E-state index contributed by atoms with van der Waals surface area (Å²) in [5, 5.41) is 14.0. The van der Waals surface area contributed by atoms with Crippen LogP contribution in [0.2, 0.25) is 0 Å². The molecule has 0 saturated heterocycles. The molecule has 2 atom stereocenters. The molecule has 0 aliphatic carbocycles. The van der Waals surface area contributed by atoms with Gasteiger partial charge in [0.1, 0.15) is 36.6 Å². The number of imidazole rings is 2. The molecule has 0 bridgehead atoms. The highest BCUT2D eigenvalue weighted by Crippen LogP contribution is 2.42. The van der Waals surface area contributed by atoms with Crippen LogP contribution in [0.15, 0.2) is 48.7 Å². The van der Waals surface area contributed by atoms with Crippen molar-refractivity contribution in [2.45, 2.75) is 99.0 Å². The smallest absolute Gasteiger partial charge is 0.407 e. The summed E-state index contributed by atoms with van der Waals surface area (Å²) in [6.45, 7) is 13.3. The molecule has 5 aromatic rings. The van der Waals surface area contributed by atoms with Crippen molar-refractivity contribution in [1.29, 1.82) is 0 Å². The number of aromatic amines is 2. The van der Waals surface area contributed by atoms with Gasteiger partial charge in [0.2, 0.25) is 11.8 Å². The molecule has 0 saturated carbocycles. The predicted molar refractivity (Wildman–Crippen MR) is 264 cm³/mol. The van der Waals surface area contributed by atoms with E-state index in [1.807, 2.05) is 45.9 Å². The molecule has 67 heavy (non-hydrogen) atoms. The third-order valence-electron chi connectivity index (χ3n) is 10.00. The second kappa shape index (κ2) is 30.9. The summed E-state index contributed by atoms with van der Waals surface area (Å²) in [5.74, 6) is 1.61. The Balaban J connectivity index is 0.00000171. The van der Waals surface area contributed by atoms with Gasteiger partial charge < -0.3 is 54.5 Å². The Labute approximate surface area is 395 Å². The Bertz CT molecular complexity index is 2350. The van der Waals surface area contributed by atoms with Crippen molar-refractivity contribution in [3.05, 3.63) is 65.9 Å². The number of nitrogens with zero attached hydrogens (tertiary/aromatic N) is 4. The average Bonchev–Trinajstić information content (AvgIpc) is 4.02. The zero-order chi connectivity index (χ0) is 50.6. The Morgan fingerprint density at radius 3 is 2.10 bits per heavy atom. The van der Waals surface area contributed by atoms with E-state index in [2.05, 4.69) is 98.9 Å². The Morgan fingerprint density at radius 2 is 1.51 bits per heavy atom. The zero-order valence-corrected chi connectivity index (χ0v) is 40.9. The molecule has 1 aliphatic heterocycles. The van der Waals surface area contributed by atoms with Gasteiger partial charge in [0.15, 0.2) is 0 Å². The van der Waals surface area contributed by atoms with Crippen molar-refractivity contribution in [2.24, 2.45) is 0 Å². The van der Waals surface area contributed by atoms with Crippen molar-refractivity contribution < 1.29 is 43.2 Å². The minimum Gasteiger partial charge on any atom is -0.488 e. The molecule has 4 amide bonds. The number of benzene rings is 3. The quantitative estimate of drug-likeness (QED) is 0.0678. The molecule has 0 radical (unpaired) electrons. The number of alkyl carbamates (subject to hydrolysis) is 2. The lowest BCUT2D eigenvalue weighted by atomic mass is 9.92. The SMILES string of the molecule is C#C.C#C.CCC.CCCN(Cc1nc2c(ccc3cc4c(cc32)OCc2cc(-c3cnc(CN(C(=O)CNC(=O)OC)[C@@H](C)CC)[nH]3)ccc2-4)[nH]1)C(=O)[C@H](CC)NC(=O)OC.CO.COC. The van der Waals surface area contributed by atoms with Gasteiger partial charge in [0, 0.05) is 44.9 Å². The number of aromatic nitrogens is 4. The summed E-state index contributed by atoms with van der Waals surface area (Å²) in [7, 11) is 6.78. The molecule has 6 rings (SSSR count). The van der Waals surface area contributed by atoms with E-state index in [1.54, 1.807) is 30.2 Å². The second-order valence-corrected chi connectivity index (χ2v) is 14.7. The lowest BCUT2D eigenvalue weighted by molar-refractivity contribution is -0.134. The van der Waals surface area contributed by atoms with Gasteiger partial charge in [-0.15, -0.1) is 25.7 Å². The highest BCUT2D eigenvalue weighted by Gasteiger charge is 2.27. The summed E-state index contributed by atoms with van der Waals surface area (Å²) in [6.07, 6.45) is 19.6. The number of terminal acetylenes is 2. The molecular formula is C50H70N8O9. The van der Waals surface area contributed by atoms with E-state index in [0.29, 0.717) is 31.2 Å². The summed E-state index contributed by atoms with van der Waals surface area (Å²) in [5.41, 5.74) is 6.46. The van der Waals surface area contributed by atoms with Gasteiger partial charge in [-0.25, -0.2) is 19.6 Å². The fourth-order valence-electron chi connectivity index (χ4n) is 6.84. The summed E-state index contributed by atoms with van der Waals surface area (Å²) in [4.78, 5) is 69.4. The number of fused-ring (bicyclic) bond motifs is 6. The van der Waals surface area contributed by atoms with E-state index in [0.717, 1.165) is 75.5 Å². The lowest BCUT2D eigenvalue weighted by Crippen LogP contribution is -2.48. The molecule has 5 N–H and O–H groups in total. The van der Waals surface area contributed by atoms with Gasteiger partial charge in [-0.05, 0) is 72.5 Å². The molecule has 2 aromatic heterocycles. The van der Waals surface area contributed by atoms with Crippen LogP contribution in [-0.2, 0) is 43.5 Å². The van der Waals surface area contributed by atoms with Crippen LogP contribution in [0.1, 0.15) is 84.4 Å². The molecule has 17 heteroatoms.